The lowest BCUT2D eigenvalue weighted by atomic mass is 10.2. The zero-order chi connectivity index (χ0) is 25.4. The quantitative estimate of drug-likeness (QED) is 0.157. The Bertz CT molecular complexity index is 1360. The highest BCUT2D eigenvalue weighted by atomic mass is 32.2. The molecular formula is C23H20N4O7S. The van der Waals surface area contributed by atoms with Gasteiger partial charge in [-0.05, 0) is 48.0 Å². The number of nitro groups is 1. The van der Waals surface area contributed by atoms with Gasteiger partial charge in [-0.2, -0.15) is 5.10 Å². The molecule has 0 aliphatic heterocycles. The number of hydrogen-bond acceptors (Lipinski definition) is 8. The summed E-state index contributed by atoms with van der Waals surface area (Å²) in [7, 11) is -4.48. The fraction of sp³-hybridized carbons (Fsp3) is 0.0870. The van der Waals surface area contributed by atoms with E-state index < -0.39 is 44.0 Å². The normalized spacial score (nSPS) is 11.1. The summed E-state index contributed by atoms with van der Waals surface area (Å²) < 4.78 is 32.4. The summed E-state index contributed by atoms with van der Waals surface area (Å²) in [6.45, 7) is 0.598. The minimum atomic E-state index is -4.48. The summed E-state index contributed by atoms with van der Waals surface area (Å²) in [5.41, 5.74) is 2.36. The first kappa shape index (κ1) is 25.1. The number of anilines is 1. The number of hydrazone groups is 1. The average Bonchev–Trinajstić information content (AvgIpc) is 2.83. The van der Waals surface area contributed by atoms with Crippen molar-refractivity contribution in [2.75, 3.05) is 10.8 Å². The van der Waals surface area contributed by atoms with Gasteiger partial charge >= 0.3 is 5.97 Å². The van der Waals surface area contributed by atoms with E-state index in [0.717, 1.165) is 16.4 Å². The van der Waals surface area contributed by atoms with Gasteiger partial charge in [-0.25, -0.2) is 13.8 Å². The van der Waals surface area contributed by atoms with Crippen LogP contribution in [0, 0.1) is 10.1 Å². The van der Waals surface area contributed by atoms with Gasteiger partial charge in [0, 0.05) is 13.0 Å². The van der Waals surface area contributed by atoms with E-state index in [1.165, 1.54) is 37.4 Å². The molecule has 0 radical (unpaired) electrons. The molecule has 35 heavy (non-hydrogen) atoms. The molecule has 0 heterocycles. The first-order chi connectivity index (χ1) is 16.7. The van der Waals surface area contributed by atoms with E-state index in [9.17, 15) is 28.1 Å². The molecule has 0 spiro atoms. The van der Waals surface area contributed by atoms with Crippen LogP contribution in [0.25, 0.3) is 0 Å². The van der Waals surface area contributed by atoms with Crippen LogP contribution in [-0.2, 0) is 19.6 Å². The topological polar surface area (TPSA) is 148 Å². The number of amides is 1. The summed E-state index contributed by atoms with van der Waals surface area (Å²) in [6, 6.07) is 18.9. The number of rotatable bonds is 9. The van der Waals surface area contributed by atoms with E-state index in [2.05, 4.69) is 10.5 Å². The maximum absolute atomic E-state index is 13.4. The number of carbonyl (C=O) groups is 2. The summed E-state index contributed by atoms with van der Waals surface area (Å²) in [5.74, 6) is -0.890. The second kappa shape index (κ2) is 11.0. The zero-order valence-electron chi connectivity index (χ0n) is 18.4. The van der Waals surface area contributed by atoms with Gasteiger partial charge in [0.15, 0.2) is 4.90 Å². The number of para-hydroxylation sites is 2. The number of benzene rings is 3. The molecule has 12 heteroatoms. The first-order valence-electron chi connectivity index (χ1n) is 10.1. The number of nitro benzene ring substituents is 1. The van der Waals surface area contributed by atoms with Crippen LogP contribution in [0.1, 0.15) is 12.5 Å². The number of carbonyl (C=O) groups excluding carboxylic acids is 2. The Hall–Kier alpha value is -4.58. The number of nitrogens with zero attached hydrogens (tertiary/aromatic N) is 3. The van der Waals surface area contributed by atoms with Crippen molar-refractivity contribution in [2.45, 2.75) is 11.8 Å². The minimum Gasteiger partial charge on any atom is -0.427 e. The standard InChI is InChI=1S/C23H20N4O7S/c1-17(28)34-20-13-11-18(12-14-20)15-24-25-23(29)16-26(19-7-3-2-4-8-19)35(32,33)22-10-6-5-9-21(22)27(30)31/h2-15H,16H2,1H3,(H,25,29)/b24-15-. The second-order valence-electron chi connectivity index (χ2n) is 7.03. The highest BCUT2D eigenvalue weighted by molar-refractivity contribution is 7.93. The molecule has 3 aromatic rings. The Morgan fingerprint density at radius 3 is 2.29 bits per heavy atom. The third-order valence-electron chi connectivity index (χ3n) is 4.51. The molecule has 3 aromatic carbocycles. The van der Waals surface area contributed by atoms with E-state index in [-0.39, 0.29) is 5.69 Å². The molecule has 0 aliphatic rings. The molecule has 180 valence electrons. The number of ether oxygens (including phenoxy) is 1. The molecule has 0 fully saturated rings. The zero-order valence-corrected chi connectivity index (χ0v) is 19.2. The van der Waals surface area contributed by atoms with Gasteiger partial charge in [0.05, 0.1) is 16.8 Å². The van der Waals surface area contributed by atoms with Crippen LogP contribution in [0.15, 0.2) is 88.9 Å². The number of sulfonamides is 1. The molecule has 0 saturated carbocycles. The van der Waals surface area contributed by atoms with E-state index in [1.807, 2.05) is 0 Å². The lowest BCUT2D eigenvalue weighted by molar-refractivity contribution is -0.387. The van der Waals surface area contributed by atoms with E-state index in [0.29, 0.717) is 11.3 Å². The molecule has 0 aliphatic carbocycles. The van der Waals surface area contributed by atoms with Crippen LogP contribution in [0.5, 0.6) is 5.75 Å². The summed E-state index contributed by atoms with van der Waals surface area (Å²) >= 11 is 0. The molecule has 3 rings (SSSR count). The molecule has 0 atom stereocenters. The van der Waals surface area contributed by atoms with Crippen molar-refractivity contribution in [3.8, 4) is 5.75 Å². The molecule has 11 nitrogen and oxygen atoms in total. The van der Waals surface area contributed by atoms with Gasteiger partial charge < -0.3 is 4.74 Å². The summed E-state index contributed by atoms with van der Waals surface area (Å²) in [4.78, 5) is 33.6. The van der Waals surface area contributed by atoms with Crippen LogP contribution < -0.4 is 14.5 Å². The van der Waals surface area contributed by atoms with Crippen molar-refractivity contribution in [2.24, 2.45) is 5.10 Å². The van der Waals surface area contributed by atoms with E-state index in [4.69, 9.17) is 4.74 Å². The SMILES string of the molecule is CC(=O)Oc1ccc(/C=N\NC(=O)CN(c2ccccc2)S(=O)(=O)c2ccccc2[N+](=O)[O-])cc1. The van der Waals surface area contributed by atoms with Gasteiger partial charge in [-0.3, -0.25) is 24.0 Å². The molecular weight excluding hydrogens is 476 g/mol. The lowest BCUT2D eigenvalue weighted by Gasteiger charge is -2.23. The van der Waals surface area contributed by atoms with Crippen molar-refractivity contribution < 1.29 is 27.7 Å². The highest BCUT2D eigenvalue weighted by Gasteiger charge is 2.33. The summed E-state index contributed by atoms with van der Waals surface area (Å²) in [6.07, 6.45) is 1.32. The molecule has 0 unspecified atom stereocenters. The van der Waals surface area contributed by atoms with Crippen LogP contribution in [0.3, 0.4) is 0 Å². The smallest absolute Gasteiger partial charge is 0.308 e. The van der Waals surface area contributed by atoms with Crippen molar-refractivity contribution in [3.05, 3.63) is 94.5 Å². The fourth-order valence-electron chi connectivity index (χ4n) is 2.99. The predicted molar refractivity (Wildman–Crippen MR) is 128 cm³/mol. The van der Waals surface area contributed by atoms with Crippen molar-refractivity contribution in [3.63, 3.8) is 0 Å². The lowest BCUT2D eigenvalue weighted by Crippen LogP contribution is -2.39. The number of nitrogens with one attached hydrogen (secondary N) is 1. The Labute approximate surface area is 200 Å². The highest BCUT2D eigenvalue weighted by Crippen LogP contribution is 2.29. The maximum atomic E-state index is 13.4. The summed E-state index contributed by atoms with van der Waals surface area (Å²) in [5, 5.41) is 15.2. The van der Waals surface area contributed by atoms with Gasteiger partial charge in [0.2, 0.25) is 0 Å². The van der Waals surface area contributed by atoms with Crippen LogP contribution >= 0.6 is 0 Å². The fourth-order valence-corrected chi connectivity index (χ4v) is 4.57. The minimum absolute atomic E-state index is 0.144. The van der Waals surface area contributed by atoms with Crippen LogP contribution in [0.2, 0.25) is 0 Å². The predicted octanol–water partition coefficient (Wildman–Crippen LogP) is 2.87. The monoisotopic (exact) mass is 496 g/mol. The third-order valence-corrected chi connectivity index (χ3v) is 6.33. The van der Waals surface area contributed by atoms with E-state index in [1.54, 1.807) is 42.5 Å². The molecule has 0 saturated heterocycles. The molecule has 0 bridgehead atoms. The first-order valence-corrected chi connectivity index (χ1v) is 11.5. The Kier molecular flexibility index (Phi) is 7.89. The Morgan fingerprint density at radius 1 is 1.03 bits per heavy atom. The Balaban J connectivity index is 1.81. The van der Waals surface area contributed by atoms with Crippen molar-refractivity contribution in [1.29, 1.82) is 0 Å². The van der Waals surface area contributed by atoms with Crippen LogP contribution in [-0.4, -0.2) is 38.0 Å². The van der Waals surface area contributed by atoms with Gasteiger partial charge in [-0.1, -0.05) is 30.3 Å². The second-order valence-corrected chi connectivity index (χ2v) is 8.86. The maximum Gasteiger partial charge on any atom is 0.308 e. The number of hydrogen-bond donors (Lipinski definition) is 1. The van der Waals surface area contributed by atoms with Gasteiger partial charge in [0.1, 0.15) is 12.3 Å². The van der Waals surface area contributed by atoms with E-state index >= 15 is 0 Å². The van der Waals surface area contributed by atoms with Crippen molar-refractivity contribution >= 4 is 39.5 Å². The van der Waals surface area contributed by atoms with Crippen molar-refractivity contribution in [1.82, 2.24) is 5.43 Å². The Morgan fingerprint density at radius 2 is 1.66 bits per heavy atom. The molecule has 1 N–H and O–H groups in total. The number of esters is 1. The molecule has 0 aromatic heterocycles. The molecule has 1 amide bonds. The van der Waals surface area contributed by atoms with Gasteiger partial charge in [0.25, 0.3) is 21.6 Å². The third kappa shape index (κ3) is 6.48. The largest absolute Gasteiger partial charge is 0.427 e. The van der Waals surface area contributed by atoms with Gasteiger partial charge in [-0.15, -0.1) is 0 Å². The van der Waals surface area contributed by atoms with Crippen LogP contribution in [0.4, 0.5) is 11.4 Å². The average molecular weight is 497 g/mol.